The third kappa shape index (κ3) is 1.87. The van der Waals surface area contributed by atoms with E-state index >= 15 is 0 Å². The maximum absolute atomic E-state index is 11.3. The number of methoxy groups -OCH3 is 1. The number of carbonyl (C=O) groups excluding carboxylic acids is 1. The lowest BCUT2D eigenvalue weighted by molar-refractivity contribution is 0.0594. The van der Waals surface area contributed by atoms with Gasteiger partial charge in [-0.3, -0.25) is 4.79 Å². The summed E-state index contributed by atoms with van der Waals surface area (Å²) in [5.74, 6) is -0.786. The molecule has 76 valence electrons. The molecule has 1 aromatic rings. The smallest absolute Gasteiger partial charge is 0.356 e. The van der Waals surface area contributed by atoms with Gasteiger partial charge in [0.1, 0.15) is 20.9 Å². The number of rotatable bonds is 1. The zero-order chi connectivity index (χ0) is 10.9. The SMILES string of the molecule is COC(=O)c1[nH]c(Cl)c(Cl)c(=O)c1Cl. The fourth-order valence-corrected chi connectivity index (χ4v) is 1.36. The molecule has 0 aliphatic rings. The summed E-state index contributed by atoms with van der Waals surface area (Å²) in [5, 5.41) is -0.753. The summed E-state index contributed by atoms with van der Waals surface area (Å²) in [6, 6.07) is 0. The third-order valence-electron chi connectivity index (χ3n) is 1.44. The second kappa shape index (κ2) is 4.21. The molecule has 1 rings (SSSR count). The normalized spacial score (nSPS) is 10.0. The zero-order valence-electron chi connectivity index (χ0n) is 6.86. The molecule has 0 radical (unpaired) electrons. The highest BCUT2D eigenvalue weighted by Gasteiger charge is 2.18. The van der Waals surface area contributed by atoms with Crippen LogP contribution in [0, 0.1) is 0 Å². The standard InChI is InChI=1S/C7H4Cl3NO3/c1-14-7(13)4-2(8)5(12)3(9)6(10)11-4/h1H3,(H,11,12). The van der Waals surface area contributed by atoms with Crippen LogP contribution < -0.4 is 5.43 Å². The highest BCUT2D eigenvalue weighted by Crippen LogP contribution is 2.20. The van der Waals surface area contributed by atoms with Gasteiger partial charge in [-0.25, -0.2) is 4.79 Å². The van der Waals surface area contributed by atoms with Crippen molar-refractivity contribution in [2.75, 3.05) is 7.11 Å². The first-order valence-corrected chi connectivity index (χ1v) is 4.47. The number of aromatic nitrogens is 1. The molecule has 0 aromatic carbocycles. The summed E-state index contributed by atoms with van der Waals surface area (Å²) < 4.78 is 4.37. The Morgan fingerprint density at radius 2 is 1.86 bits per heavy atom. The number of halogens is 3. The third-order valence-corrected chi connectivity index (χ3v) is 2.54. The Bertz CT molecular complexity index is 441. The van der Waals surface area contributed by atoms with Crippen molar-refractivity contribution in [3.05, 3.63) is 31.1 Å². The average Bonchev–Trinajstić information content (AvgIpc) is 2.19. The van der Waals surface area contributed by atoms with Gasteiger partial charge in [0.15, 0.2) is 0 Å². The monoisotopic (exact) mass is 255 g/mol. The lowest BCUT2D eigenvalue weighted by atomic mass is 10.3. The summed E-state index contributed by atoms with van der Waals surface area (Å²) in [6.45, 7) is 0. The molecule has 1 N–H and O–H groups in total. The second-order valence-corrected chi connectivity index (χ2v) is 3.40. The molecule has 14 heavy (non-hydrogen) atoms. The van der Waals surface area contributed by atoms with Gasteiger partial charge in [0.25, 0.3) is 0 Å². The van der Waals surface area contributed by atoms with Crippen LogP contribution in [0.15, 0.2) is 4.79 Å². The molecule has 0 aliphatic heterocycles. The number of pyridine rings is 1. The van der Waals surface area contributed by atoms with Gasteiger partial charge in [-0.05, 0) is 0 Å². The number of hydrogen-bond acceptors (Lipinski definition) is 3. The number of hydrogen-bond donors (Lipinski definition) is 1. The van der Waals surface area contributed by atoms with Crippen LogP contribution in [0.2, 0.25) is 15.2 Å². The maximum Gasteiger partial charge on any atom is 0.356 e. The van der Waals surface area contributed by atoms with Crippen LogP contribution in [0.4, 0.5) is 0 Å². The van der Waals surface area contributed by atoms with Gasteiger partial charge >= 0.3 is 5.97 Å². The molecule has 1 aromatic heterocycles. The van der Waals surface area contributed by atoms with E-state index in [1.54, 1.807) is 0 Å². The summed E-state index contributed by atoms with van der Waals surface area (Å²) in [7, 11) is 1.15. The Hall–Kier alpha value is -0.710. The van der Waals surface area contributed by atoms with Gasteiger partial charge in [0.05, 0.1) is 7.11 Å². The Kier molecular flexibility index (Phi) is 3.42. The molecule has 0 unspecified atom stereocenters. The van der Waals surface area contributed by atoms with Crippen molar-refractivity contribution in [2.24, 2.45) is 0 Å². The number of esters is 1. The van der Waals surface area contributed by atoms with E-state index in [1.807, 2.05) is 0 Å². The Balaban J connectivity index is 3.49. The molecule has 0 bridgehead atoms. The van der Waals surface area contributed by atoms with Crippen LogP contribution in [-0.2, 0) is 4.74 Å². The Labute approximate surface area is 93.7 Å². The van der Waals surface area contributed by atoms with E-state index in [0.29, 0.717) is 0 Å². The van der Waals surface area contributed by atoms with Gasteiger partial charge in [-0.15, -0.1) is 0 Å². The molecular formula is C7H4Cl3NO3. The van der Waals surface area contributed by atoms with Gasteiger partial charge in [0, 0.05) is 0 Å². The highest BCUT2D eigenvalue weighted by molar-refractivity contribution is 6.42. The predicted octanol–water partition coefficient (Wildman–Crippen LogP) is 2.12. The van der Waals surface area contributed by atoms with Gasteiger partial charge in [-0.1, -0.05) is 34.8 Å². The largest absolute Gasteiger partial charge is 0.464 e. The van der Waals surface area contributed by atoms with Crippen molar-refractivity contribution in [1.29, 1.82) is 0 Å². The maximum atomic E-state index is 11.3. The number of aromatic amines is 1. The van der Waals surface area contributed by atoms with E-state index in [9.17, 15) is 9.59 Å². The molecular weight excluding hydrogens is 252 g/mol. The van der Waals surface area contributed by atoms with Crippen LogP contribution in [0.1, 0.15) is 10.5 Å². The van der Waals surface area contributed by atoms with Crippen LogP contribution in [0.25, 0.3) is 0 Å². The van der Waals surface area contributed by atoms with Gasteiger partial charge in [-0.2, -0.15) is 0 Å². The molecule has 7 heteroatoms. The summed E-state index contributed by atoms with van der Waals surface area (Å²) in [6.07, 6.45) is 0. The van der Waals surface area contributed by atoms with E-state index in [2.05, 4.69) is 9.72 Å². The highest BCUT2D eigenvalue weighted by atomic mass is 35.5. The van der Waals surface area contributed by atoms with Gasteiger partial charge in [0.2, 0.25) is 5.43 Å². The lowest BCUT2D eigenvalue weighted by Gasteiger charge is -2.03. The van der Waals surface area contributed by atoms with Crippen molar-refractivity contribution >= 4 is 40.8 Å². The summed E-state index contributed by atoms with van der Waals surface area (Å²) in [4.78, 5) is 24.7. The Morgan fingerprint density at radius 3 is 2.36 bits per heavy atom. The van der Waals surface area contributed by atoms with Crippen molar-refractivity contribution < 1.29 is 9.53 Å². The number of H-pyrrole nitrogens is 1. The Morgan fingerprint density at radius 1 is 1.29 bits per heavy atom. The van der Waals surface area contributed by atoms with Crippen LogP contribution in [0.3, 0.4) is 0 Å². The summed E-state index contributed by atoms with van der Waals surface area (Å²) in [5.41, 5.74) is -0.925. The first-order valence-electron chi connectivity index (χ1n) is 3.34. The quantitative estimate of drug-likeness (QED) is 0.618. The average molecular weight is 256 g/mol. The predicted molar refractivity (Wildman–Crippen MR) is 53.4 cm³/mol. The molecule has 0 amide bonds. The fourth-order valence-electron chi connectivity index (χ4n) is 0.772. The van der Waals surface area contributed by atoms with E-state index in [4.69, 9.17) is 34.8 Å². The topological polar surface area (TPSA) is 59.2 Å². The zero-order valence-corrected chi connectivity index (χ0v) is 9.13. The first kappa shape index (κ1) is 11.4. The van der Waals surface area contributed by atoms with Crippen LogP contribution in [-0.4, -0.2) is 18.1 Å². The minimum atomic E-state index is -0.786. The molecule has 0 aliphatic carbocycles. The first-order chi connectivity index (χ1) is 6.49. The van der Waals surface area contributed by atoms with Crippen molar-refractivity contribution in [3.8, 4) is 0 Å². The van der Waals surface area contributed by atoms with E-state index < -0.39 is 11.4 Å². The molecule has 0 atom stereocenters. The molecule has 0 fully saturated rings. The van der Waals surface area contributed by atoms with E-state index in [0.717, 1.165) is 7.11 Å². The minimum absolute atomic E-state index is 0.151. The van der Waals surface area contributed by atoms with Crippen molar-refractivity contribution in [3.63, 3.8) is 0 Å². The molecule has 0 saturated heterocycles. The second-order valence-electron chi connectivity index (χ2n) is 2.26. The number of ether oxygens (including phenoxy) is 1. The van der Waals surface area contributed by atoms with E-state index in [1.165, 1.54) is 0 Å². The van der Waals surface area contributed by atoms with E-state index in [-0.39, 0.29) is 20.9 Å². The molecule has 4 nitrogen and oxygen atoms in total. The van der Waals surface area contributed by atoms with Crippen molar-refractivity contribution in [2.45, 2.75) is 0 Å². The minimum Gasteiger partial charge on any atom is -0.464 e. The molecule has 1 heterocycles. The summed E-state index contributed by atoms with van der Waals surface area (Å²) >= 11 is 16.6. The van der Waals surface area contributed by atoms with Crippen molar-refractivity contribution in [1.82, 2.24) is 4.98 Å². The number of carbonyl (C=O) groups is 1. The van der Waals surface area contributed by atoms with Crippen LogP contribution >= 0.6 is 34.8 Å². The van der Waals surface area contributed by atoms with Crippen LogP contribution in [0.5, 0.6) is 0 Å². The lowest BCUT2D eigenvalue weighted by Crippen LogP contribution is -2.14. The number of nitrogens with one attached hydrogen (secondary N) is 1. The molecule has 0 saturated carbocycles. The van der Waals surface area contributed by atoms with Gasteiger partial charge < -0.3 is 9.72 Å². The fraction of sp³-hybridized carbons (Fsp3) is 0.143. The molecule has 0 spiro atoms.